The van der Waals surface area contributed by atoms with Gasteiger partial charge in [-0.2, -0.15) is 0 Å². The lowest BCUT2D eigenvalue weighted by Gasteiger charge is -2.19. The van der Waals surface area contributed by atoms with Crippen LogP contribution < -0.4 is 5.73 Å². The summed E-state index contributed by atoms with van der Waals surface area (Å²) in [5, 5.41) is 9.23. The van der Waals surface area contributed by atoms with Crippen molar-refractivity contribution in [2.45, 2.75) is 36.2 Å². The molecule has 0 saturated heterocycles. The first kappa shape index (κ1) is 17.9. The van der Waals surface area contributed by atoms with Gasteiger partial charge in [0.1, 0.15) is 5.60 Å². The van der Waals surface area contributed by atoms with E-state index in [1.807, 2.05) is 0 Å². The van der Waals surface area contributed by atoms with E-state index in [1.54, 1.807) is 57.2 Å². The molecule has 2 rings (SSSR count). The smallest absolute Gasteiger partial charge is 0.338 e. The molecular weight excluding hydrogens is 326 g/mol. The fraction of sp³-hybridized carbons (Fsp3) is 0.222. The van der Waals surface area contributed by atoms with Gasteiger partial charge < -0.3 is 15.6 Å². The molecular formula is C18H19NO4S. The Bertz CT molecular complexity index is 781. The minimum absolute atomic E-state index is 0.207. The summed E-state index contributed by atoms with van der Waals surface area (Å²) in [7, 11) is 0. The van der Waals surface area contributed by atoms with Crippen LogP contribution in [-0.2, 0) is 4.74 Å². The molecule has 2 aromatic rings. The van der Waals surface area contributed by atoms with E-state index in [0.717, 1.165) is 0 Å². The Hall–Kier alpha value is -2.47. The topological polar surface area (TPSA) is 89.6 Å². The van der Waals surface area contributed by atoms with E-state index < -0.39 is 17.5 Å². The molecule has 0 saturated carbocycles. The van der Waals surface area contributed by atoms with Crippen molar-refractivity contribution in [1.29, 1.82) is 0 Å². The second kappa shape index (κ2) is 6.97. The van der Waals surface area contributed by atoms with Gasteiger partial charge >= 0.3 is 11.9 Å². The zero-order valence-corrected chi connectivity index (χ0v) is 14.5. The van der Waals surface area contributed by atoms with Crippen molar-refractivity contribution in [1.82, 2.24) is 0 Å². The summed E-state index contributed by atoms with van der Waals surface area (Å²) in [6.07, 6.45) is 0. The Morgan fingerprint density at radius 2 is 1.75 bits per heavy atom. The van der Waals surface area contributed by atoms with E-state index in [0.29, 0.717) is 21.0 Å². The number of nitrogens with two attached hydrogens (primary N) is 1. The molecule has 0 fully saturated rings. The van der Waals surface area contributed by atoms with Crippen LogP contribution in [0.3, 0.4) is 0 Å². The molecule has 3 N–H and O–H groups in total. The van der Waals surface area contributed by atoms with Crippen molar-refractivity contribution in [3.63, 3.8) is 0 Å². The summed E-state index contributed by atoms with van der Waals surface area (Å²) in [5.41, 5.74) is 6.40. The number of benzene rings is 2. The van der Waals surface area contributed by atoms with Gasteiger partial charge in [-0.05, 0) is 51.1 Å². The monoisotopic (exact) mass is 345 g/mol. The lowest BCUT2D eigenvalue weighted by Crippen LogP contribution is -2.23. The first-order valence-corrected chi connectivity index (χ1v) is 8.12. The average molecular weight is 345 g/mol. The Balaban J connectivity index is 2.25. The maximum atomic E-state index is 12.1. The highest BCUT2D eigenvalue weighted by Gasteiger charge is 2.19. The fourth-order valence-corrected chi connectivity index (χ4v) is 2.92. The second-order valence-corrected chi connectivity index (χ2v) is 7.24. The van der Waals surface area contributed by atoms with Crippen LogP contribution in [-0.4, -0.2) is 22.6 Å². The van der Waals surface area contributed by atoms with Gasteiger partial charge in [0.25, 0.3) is 0 Å². The molecule has 0 aromatic heterocycles. The molecule has 0 aliphatic heterocycles. The summed E-state index contributed by atoms with van der Waals surface area (Å²) in [4.78, 5) is 24.6. The van der Waals surface area contributed by atoms with Crippen molar-refractivity contribution in [2.24, 2.45) is 0 Å². The number of hydrogen-bond donors (Lipinski definition) is 2. The van der Waals surface area contributed by atoms with Crippen LogP contribution in [0, 0.1) is 0 Å². The van der Waals surface area contributed by atoms with E-state index in [4.69, 9.17) is 10.5 Å². The molecule has 0 amide bonds. The van der Waals surface area contributed by atoms with Gasteiger partial charge in [-0.15, -0.1) is 0 Å². The van der Waals surface area contributed by atoms with Crippen LogP contribution in [0.4, 0.5) is 5.69 Å². The van der Waals surface area contributed by atoms with E-state index >= 15 is 0 Å². The first-order chi connectivity index (χ1) is 11.2. The minimum atomic E-state index is -0.998. The van der Waals surface area contributed by atoms with Crippen molar-refractivity contribution in [2.75, 3.05) is 5.73 Å². The number of aromatic carboxylic acids is 1. The molecule has 5 nitrogen and oxygen atoms in total. The van der Waals surface area contributed by atoms with Gasteiger partial charge in [-0.25, -0.2) is 9.59 Å². The number of carbonyl (C=O) groups excluding carboxylic acids is 1. The van der Waals surface area contributed by atoms with Crippen LogP contribution >= 0.6 is 11.8 Å². The van der Waals surface area contributed by atoms with Crippen LogP contribution in [0.25, 0.3) is 0 Å². The van der Waals surface area contributed by atoms with Gasteiger partial charge in [-0.1, -0.05) is 23.9 Å². The quantitative estimate of drug-likeness (QED) is 0.641. The molecule has 6 heteroatoms. The fourth-order valence-electron chi connectivity index (χ4n) is 1.96. The van der Waals surface area contributed by atoms with Crippen LogP contribution in [0.2, 0.25) is 0 Å². The van der Waals surface area contributed by atoms with Crippen molar-refractivity contribution in [3.8, 4) is 0 Å². The lowest BCUT2D eigenvalue weighted by atomic mass is 10.1. The second-order valence-electron chi connectivity index (χ2n) is 6.16. The Morgan fingerprint density at radius 3 is 2.33 bits per heavy atom. The molecule has 0 radical (unpaired) electrons. The number of rotatable bonds is 4. The molecule has 0 aliphatic rings. The van der Waals surface area contributed by atoms with E-state index in [9.17, 15) is 14.7 Å². The van der Waals surface area contributed by atoms with Crippen LogP contribution in [0.15, 0.2) is 52.3 Å². The molecule has 24 heavy (non-hydrogen) atoms. The molecule has 0 aliphatic carbocycles. The zero-order valence-electron chi connectivity index (χ0n) is 13.7. The van der Waals surface area contributed by atoms with Gasteiger partial charge in [0.05, 0.1) is 11.1 Å². The third-order valence-electron chi connectivity index (χ3n) is 2.98. The molecule has 0 atom stereocenters. The Labute approximate surface area is 144 Å². The van der Waals surface area contributed by atoms with Gasteiger partial charge in [-0.3, -0.25) is 0 Å². The number of nitrogen functional groups attached to an aromatic ring is 1. The molecule has 2 aromatic carbocycles. The van der Waals surface area contributed by atoms with Crippen LogP contribution in [0.1, 0.15) is 41.5 Å². The predicted octanol–water partition coefficient (Wildman–Crippen LogP) is 4.07. The third-order valence-corrected chi connectivity index (χ3v) is 4.15. The maximum absolute atomic E-state index is 12.1. The largest absolute Gasteiger partial charge is 0.478 e. The standard InChI is InChI=1S/C18H19NO4S/c1-18(2,3)23-17(22)11-8-9-15(13(19)10-11)24-14-7-5-4-6-12(14)16(20)21/h4-10H,19H2,1-3H3,(H,20,21). The highest BCUT2D eigenvalue weighted by molar-refractivity contribution is 7.99. The summed E-state index contributed by atoms with van der Waals surface area (Å²) in [6.45, 7) is 5.38. The number of carboxylic acid groups (broad SMARTS) is 1. The number of hydrogen-bond acceptors (Lipinski definition) is 5. The van der Waals surface area contributed by atoms with Gasteiger partial charge in [0, 0.05) is 15.5 Å². The SMILES string of the molecule is CC(C)(C)OC(=O)c1ccc(Sc2ccccc2C(=O)O)c(N)c1. The Morgan fingerprint density at radius 1 is 1.08 bits per heavy atom. The van der Waals surface area contributed by atoms with E-state index in [1.165, 1.54) is 17.8 Å². The normalized spacial score (nSPS) is 11.1. The summed E-state index contributed by atoms with van der Waals surface area (Å²) in [5.74, 6) is -1.45. The molecule has 0 unspecified atom stereocenters. The summed E-state index contributed by atoms with van der Waals surface area (Å²) in [6, 6.07) is 11.5. The number of anilines is 1. The van der Waals surface area contributed by atoms with Crippen molar-refractivity contribution in [3.05, 3.63) is 53.6 Å². The highest BCUT2D eigenvalue weighted by Crippen LogP contribution is 2.34. The molecule has 0 bridgehead atoms. The summed E-state index contributed by atoms with van der Waals surface area (Å²) < 4.78 is 5.31. The highest BCUT2D eigenvalue weighted by atomic mass is 32.2. The van der Waals surface area contributed by atoms with E-state index in [2.05, 4.69) is 0 Å². The van der Waals surface area contributed by atoms with Gasteiger partial charge in [0.15, 0.2) is 0 Å². The zero-order chi connectivity index (χ0) is 17.9. The number of ether oxygens (including phenoxy) is 1. The molecule has 126 valence electrons. The first-order valence-electron chi connectivity index (χ1n) is 7.30. The number of carboxylic acids is 1. The Kier molecular flexibility index (Phi) is 5.19. The molecule has 0 spiro atoms. The predicted molar refractivity (Wildman–Crippen MR) is 93.5 cm³/mol. The molecule has 0 heterocycles. The van der Waals surface area contributed by atoms with Crippen molar-refractivity contribution >= 4 is 29.4 Å². The maximum Gasteiger partial charge on any atom is 0.338 e. The number of esters is 1. The number of carbonyl (C=O) groups is 2. The third kappa shape index (κ3) is 4.52. The van der Waals surface area contributed by atoms with Crippen LogP contribution in [0.5, 0.6) is 0 Å². The van der Waals surface area contributed by atoms with Crippen molar-refractivity contribution < 1.29 is 19.4 Å². The summed E-state index contributed by atoms with van der Waals surface area (Å²) >= 11 is 1.24. The van der Waals surface area contributed by atoms with E-state index in [-0.39, 0.29) is 5.56 Å². The van der Waals surface area contributed by atoms with Gasteiger partial charge in [0.2, 0.25) is 0 Å². The average Bonchev–Trinajstić information content (AvgIpc) is 2.47. The minimum Gasteiger partial charge on any atom is -0.478 e. The lowest BCUT2D eigenvalue weighted by molar-refractivity contribution is 0.00693.